The lowest BCUT2D eigenvalue weighted by Crippen LogP contribution is -2.41. The zero-order valence-corrected chi connectivity index (χ0v) is 20.4. The molecular weight excluding hydrogens is 444 g/mol. The van der Waals surface area contributed by atoms with Crippen LogP contribution in [0.3, 0.4) is 0 Å². The fourth-order valence-corrected chi connectivity index (χ4v) is 5.43. The minimum atomic E-state index is -1.08. The number of carboxylic acids is 1. The highest BCUT2D eigenvalue weighted by molar-refractivity contribution is 5.97. The number of amides is 3. The fourth-order valence-electron chi connectivity index (χ4n) is 5.43. The number of aliphatic carboxylic acids is 1. The molecule has 0 aromatic heterocycles. The summed E-state index contributed by atoms with van der Waals surface area (Å²) in [7, 11) is 0. The molecule has 2 heterocycles. The van der Waals surface area contributed by atoms with Crippen LogP contribution in [0.2, 0.25) is 0 Å². The number of fused-ring (bicyclic) bond motifs is 1. The minimum absolute atomic E-state index is 0.141. The van der Waals surface area contributed by atoms with Gasteiger partial charge in [-0.3, -0.25) is 9.59 Å². The molecule has 3 atom stereocenters. The zero-order chi connectivity index (χ0) is 24.9. The van der Waals surface area contributed by atoms with Crippen molar-refractivity contribution in [2.75, 3.05) is 39.3 Å². The lowest BCUT2D eigenvalue weighted by atomic mass is 10.0. The van der Waals surface area contributed by atoms with Gasteiger partial charge in [0.2, 0.25) is 0 Å². The van der Waals surface area contributed by atoms with Crippen molar-refractivity contribution in [3.63, 3.8) is 0 Å². The molecule has 2 saturated heterocycles. The monoisotopic (exact) mass is 478 g/mol. The van der Waals surface area contributed by atoms with Crippen molar-refractivity contribution in [1.29, 1.82) is 0 Å². The van der Waals surface area contributed by atoms with Crippen molar-refractivity contribution in [3.8, 4) is 0 Å². The molecule has 0 aliphatic carbocycles. The zero-order valence-electron chi connectivity index (χ0n) is 20.4. The molecule has 3 amide bonds. The molecule has 3 N–H and O–H groups in total. The van der Waals surface area contributed by atoms with E-state index in [1.807, 2.05) is 67.3 Å². The molecule has 2 fully saturated rings. The van der Waals surface area contributed by atoms with Crippen molar-refractivity contribution in [3.05, 3.63) is 70.8 Å². The number of rotatable bonds is 8. The van der Waals surface area contributed by atoms with Gasteiger partial charge in [0.25, 0.3) is 5.91 Å². The summed E-state index contributed by atoms with van der Waals surface area (Å²) in [6.07, 6.45) is 0.717. The molecule has 35 heavy (non-hydrogen) atoms. The molecule has 0 radical (unpaired) electrons. The van der Waals surface area contributed by atoms with Gasteiger partial charge in [-0.25, -0.2) is 4.79 Å². The Morgan fingerprint density at radius 1 is 0.943 bits per heavy atom. The topological polar surface area (TPSA) is 102 Å². The van der Waals surface area contributed by atoms with E-state index in [-0.39, 0.29) is 11.9 Å². The largest absolute Gasteiger partial charge is 0.480 e. The second kappa shape index (κ2) is 10.9. The number of carbonyl (C=O) groups is 3. The van der Waals surface area contributed by atoms with E-state index in [0.717, 1.165) is 61.4 Å². The number of hydrogen-bond donors (Lipinski definition) is 3. The van der Waals surface area contributed by atoms with Gasteiger partial charge in [0.05, 0.1) is 6.04 Å². The van der Waals surface area contributed by atoms with Gasteiger partial charge in [-0.15, -0.1) is 0 Å². The molecule has 8 heteroatoms. The Bertz CT molecular complexity index is 1040. The normalized spacial score (nSPS) is 20.3. The molecule has 2 unspecified atom stereocenters. The predicted molar refractivity (Wildman–Crippen MR) is 133 cm³/mol. The minimum Gasteiger partial charge on any atom is -0.480 e. The molecule has 0 spiro atoms. The highest BCUT2D eigenvalue weighted by atomic mass is 16.4. The molecule has 8 nitrogen and oxygen atoms in total. The van der Waals surface area contributed by atoms with Crippen LogP contribution in [0.25, 0.3) is 0 Å². The summed E-state index contributed by atoms with van der Waals surface area (Å²) < 4.78 is 0. The van der Waals surface area contributed by atoms with Crippen LogP contribution in [0.1, 0.15) is 39.5 Å². The second-order valence-electron chi connectivity index (χ2n) is 9.73. The van der Waals surface area contributed by atoms with E-state index in [9.17, 15) is 14.4 Å². The van der Waals surface area contributed by atoms with Crippen molar-refractivity contribution in [2.24, 2.45) is 11.8 Å². The van der Waals surface area contributed by atoms with Crippen molar-refractivity contribution in [2.45, 2.75) is 26.3 Å². The Balaban J connectivity index is 1.32. The maximum Gasteiger partial charge on any atom is 0.323 e. The van der Waals surface area contributed by atoms with Crippen molar-refractivity contribution < 1.29 is 19.5 Å². The quantitative estimate of drug-likeness (QED) is 0.542. The number of hydrogen-bond acceptors (Lipinski definition) is 4. The molecule has 2 aromatic rings. The molecule has 0 bridgehead atoms. The Labute approximate surface area is 206 Å². The molecule has 2 aliphatic rings. The van der Waals surface area contributed by atoms with Crippen LogP contribution in [-0.2, 0) is 4.79 Å². The van der Waals surface area contributed by atoms with Gasteiger partial charge in [-0.05, 0) is 48.8 Å². The molecular formula is C27H34N4O4. The third-order valence-corrected chi connectivity index (χ3v) is 7.19. The van der Waals surface area contributed by atoms with Crippen molar-refractivity contribution in [1.82, 2.24) is 20.4 Å². The van der Waals surface area contributed by atoms with Gasteiger partial charge in [0, 0.05) is 38.3 Å². The molecule has 2 aliphatic heterocycles. The van der Waals surface area contributed by atoms with E-state index in [4.69, 9.17) is 5.11 Å². The van der Waals surface area contributed by atoms with Crippen LogP contribution in [0.15, 0.2) is 48.5 Å². The number of carboxylic acid groups (broad SMARTS) is 1. The lowest BCUT2D eigenvalue weighted by Gasteiger charge is -2.25. The van der Waals surface area contributed by atoms with E-state index in [2.05, 4.69) is 15.5 Å². The summed E-state index contributed by atoms with van der Waals surface area (Å²) in [6.45, 7) is 7.84. The third kappa shape index (κ3) is 6.00. The molecule has 4 rings (SSSR count). The standard InChI is InChI=1S/C27H34N4O4/c1-18-7-6-8-19(2)25(18)26(34)31-16-21-14-30(15-22(21)17-31)12-11-23(20-9-4-3-5-10-20)29-27(35)28-13-24(32)33/h3-10,21-23H,11-17H2,1-2H3,(H,32,33)(H2,28,29,35)/t21-,22?,23?/m0/s1. The number of nitrogens with zero attached hydrogens (tertiary/aromatic N) is 2. The number of likely N-dealkylation sites (tertiary alicyclic amines) is 2. The van der Waals surface area contributed by atoms with Gasteiger partial charge >= 0.3 is 12.0 Å². The molecule has 2 aromatic carbocycles. The van der Waals surface area contributed by atoms with Crippen molar-refractivity contribution >= 4 is 17.9 Å². The summed E-state index contributed by atoms with van der Waals surface area (Å²) in [4.78, 5) is 40.6. The van der Waals surface area contributed by atoms with E-state index in [1.165, 1.54) is 0 Å². The van der Waals surface area contributed by atoms with Crippen LogP contribution in [0, 0.1) is 25.7 Å². The first kappa shape index (κ1) is 24.7. The first-order valence-corrected chi connectivity index (χ1v) is 12.2. The van der Waals surface area contributed by atoms with E-state index >= 15 is 0 Å². The fraction of sp³-hybridized carbons (Fsp3) is 0.444. The van der Waals surface area contributed by atoms with E-state index in [1.54, 1.807) is 0 Å². The van der Waals surface area contributed by atoms with E-state index in [0.29, 0.717) is 11.8 Å². The Hall–Kier alpha value is -3.39. The smallest absolute Gasteiger partial charge is 0.323 e. The van der Waals surface area contributed by atoms with Crippen LogP contribution >= 0.6 is 0 Å². The maximum absolute atomic E-state index is 13.2. The first-order valence-electron chi connectivity index (χ1n) is 12.2. The van der Waals surface area contributed by atoms with Gasteiger partial charge in [0.15, 0.2) is 0 Å². The van der Waals surface area contributed by atoms with Gasteiger partial charge in [-0.2, -0.15) is 0 Å². The molecule has 186 valence electrons. The van der Waals surface area contributed by atoms with Crippen LogP contribution in [0.4, 0.5) is 4.79 Å². The van der Waals surface area contributed by atoms with Gasteiger partial charge < -0.3 is 25.5 Å². The predicted octanol–water partition coefficient (Wildman–Crippen LogP) is 2.82. The Morgan fingerprint density at radius 3 is 2.17 bits per heavy atom. The van der Waals surface area contributed by atoms with Crippen LogP contribution in [0.5, 0.6) is 0 Å². The summed E-state index contributed by atoms with van der Waals surface area (Å²) in [5.41, 5.74) is 3.88. The van der Waals surface area contributed by atoms with Crippen LogP contribution < -0.4 is 10.6 Å². The lowest BCUT2D eigenvalue weighted by molar-refractivity contribution is -0.135. The van der Waals surface area contributed by atoms with Crippen LogP contribution in [-0.4, -0.2) is 72.1 Å². The highest BCUT2D eigenvalue weighted by Gasteiger charge is 2.42. The molecule has 0 saturated carbocycles. The average molecular weight is 479 g/mol. The van der Waals surface area contributed by atoms with Gasteiger partial charge in [-0.1, -0.05) is 48.5 Å². The number of benzene rings is 2. The summed E-state index contributed by atoms with van der Waals surface area (Å²) >= 11 is 0. The maximum atomic E-state index is 13.2. The summed E-state index contributed by atoms with van der Waals surface area (Å²) in [5.74, 6) is -0.0112. The second-order valence-corrected chi connectivity index (χ2v) is 9.73. The first-order chi connectivity index (χ1) is 16.8. The summed E-state index contributed by atoms with van der Waals surface area (Å²) in [6, 6.07) is 15.0. The number of urea groups is 1. The number of aryl methyl sites for hydroxylation is 2. The SMILES string of the molecule is Cc1cccc(C)c1C(=O)N1CC2CN(CCC(NC(=O)NCC(=O)O)c3ccccc3)C[C@H]2C1. The van der Waals surface area contributed by atoms with E-state index < -0.39 is 18.5 Å². The highest BCUT2D eigenvalue weighted by Crippen LogP contribution is 2.33. The Morgan fingerprint density at radius 2 is 1.57 bits per heavy atom. The average Bonchev–Trinajstić information content (AvgIpc) is 3.40. The number of carbonyl (C=O) groups excluding carboxylic acids is 2. The third-order valence-electron chi connectivity index (χ3n) is 7.19. The summed E-state index contributed by atoms with van der Waals surface area (Å²) in [5, 5.41) is 14.1. The van der Waals surface area contributed by atoms with Gasteiger partial charge in [0.1, 0.15) is 6.54 Å². The Kier molecular flexibility index (Phi) is 7.70. The number of nitrogens with one attached hydrogen (secondary N) is 2.